The van der Waals surface area contributed by atoms with E-state index in [1.807, 2.05) is 6.07 Å². The Labute approximate surface area is 106 Å². The van der Waals surface area contributed by atoms with Crippen LogP contribution in [0.3, 0.4) is 0 Å². The van der Waals surface area contributed by atoms with Crippen molar-refractivity contribution >= 4 is 13.6 Å². The Morgan fingerprint density at radius 3 is 2.50 bits per heavy atom. The number of carboxylic acids is 1. The van der Waals surface area contributed by atoms with Crippen LogP contribution in [0.2, 0.25) is 0 Å². The van der Waals surface area contributed by atoms with E-state index in [-0.39, 0.29) is 19.2 Å². The van der Waals surface area contributed by atoms with Crippen molar-refractivity contribution in [2.45, 2.75) is 13.3 Å². The zero-order valence-corrected chi connectivity index (χ0v) is 11.0. The summed E-state index contributed by atoms with van der Waals surface area (Å²) < 4.78 is 16.3. The maximum Gasteiger partial charge on any atom is 0.328 e. The van der Waals surface area contributed by atoms with Gasteiger partial charge in [0.2, 0.25) is 0 Å². The Morgan fingerprint density at radius 1 is 1.39 bits per heavy atom. The van der Waals surface area contributed by atoms with Crippen LogP contribution in [0.15, 0.2) is 30.3 Å². The second-order valence-corrected chi connectivity index (χ2v) is 5.86. The van der Waals surface area contributed by atoms with Gasteiger partial charge in [-0.1, -0.05) is 30.3 Å². The summed E-state index contributed by atoms with van der Waals surface area (Å²) in [5.74, 6) is -2.01. The van der Waals surface area contributed by atoms with Crippen molar-refractivity contribution in [1.29, 1.82) is 0 Å². The fourth-order valence-electron chi connectivity index (χ4n) is 1.66. The number of hydrogen-bond acceptors (Lipinski definition) is 3. The molecule has 0 fully saturated rings. The predicted molar refractivity (Wildman–Crippen MR) is 67.6 cm³/mol. The molecule has 0 aromatic heterocycles. The molecule has 1 aromatic carbocycles. The normalized spacial score (nSPS) is 15.9. The minimum Gasteiger partial charge on any atom is -0.481 e. The van der Waals surface area contributed by atoms with Gasteiger partial charge in [-0.2, -0.15) is 0 Å². The summed E-state index contributed by atoms with van der Waals surface area (Å²) in [5.41, 5.74) is 0.821. The third-order valence-corrected chi connectivity index (χ3v) is 4.02. The van der Waals surface area contributed by atoms with Gasteiger partial charge in [-0.25, -0.2) is 0 Å². The lowest BCUT2D eigenvalue weighted by atomic mass is 10.0. The van der Waals surface area contributed by atoms with Crippen LogP contribution in [0, 0.1) is 5.92 Å². The number of carboxylic acid groups (broad SMARTS) is 1. The minimum absolute atomic E-state index is 0.0887. The van der Waals surface area contributed by atoms with Gasteiger partial charge in [0, 0.05) is 0 Å². The maximum absolute atomic E-state index is 11.6. The fourth-order valence-corrected chi connectivity index (χ4v) is 3.01. The van der Waals surface area contributed by atoms with Gasteiger partial charge in [-0.15, -0.1) is 0 Å². The molecule has 18 heavy (non-hydrogen) atoms. The molecule has 2 unspecified atom stereocenters. The molecule has 0 amide bonds. The van der Waals surface area contributed by atoms with Gasteiger partial charge in [0.05, 0.1) is 18.7 Å². The van der Waals surface area contributed by atoms with Gasteiger partial charge >= 0.3 is 13.6 Å². The zero-order chi connectivity index (χ0) is 13.6. The maximum atomic E-state index is 11.6. The van der Waals surface area contributed by atoms with Crippen LogP contribution in [-0.2, 0) is 20.3 Å². The van der Waals surface area contributed by atoms with Crippen molar-refractivity contribution < 1.29 is 23.9 Å². The molecular formula is C12H17O5P. The van der Waals surface area contributed by atoms with Crippen LogP contribution in [0.4, 0.5) is 0 Å². The van der Waals surface area contributed by atoms with Crippen molar-refractivity contribution in [2.75, 3.05) is 12.8 Å². The smallest absolute Gasteiger partial charge is 0.328 e. The molecule has 1 rings (SSSR count). The number of carbonyl (C=O) groups is 1. The van der Waals surface area contributed by atoms with E-state index in [4.69, 9.17) is 9.63 Å². The molecule has 2 N–H and O–H groups in total. The van der Waals surface area contributed by atoms with E-state index in [1.54, 1.807) is 31.2 Å². The highest BCUT2D eigenvalue weighted by Crippen LogP contribution is 2.44. The summed E-state index contributed by atoms with van der Waals surface area (Å²) in [5, 5.41) is 9.08. The third kappa shape index (κ3) is 5.00. The molecule has 0 radical (unpaired) electrons. The van der Waals surface area contributed by atoms with E-state index in [9.17, 15) is 14.3 Å². The van der Waals surface area contributed by atoms with Crippen molar-refractivity contribution in [3.05, 3.63) is 35.9 Å². The Morgan fingerprint density at radius 2 is 2.00 bits per heavy atom. The fraction of sp³-hybridized carbons (Fsp3) is 0.417. The first-order valence-electron chi connectivity index (χ1n) is 5.67. The molecule has 0 aliphatic carbocycles. The minimum atomic E-state index is -3.82. The largest absolute Gasteiger partial charge is 0.481 e. The van der Waals surface area contributed by atoms with Gasteiger partial charge in [-0.05, 0) is 18.9 Å². The van der Waals surface area contributed by atoms with Crippen molar-refractivity contribution in [2.24, 2.45) is 5.92 Å². The highest BCUT2D eigenvalue weighted by Gasteiger charge is 2.29. The Balaban J connectivity index is 2.73. The second kappa shape index (κ2) is 6.69. The Hall–Kier alpha value is -1.16. The van der Waals surface area contributed by atoms with Crippen LogP contribution in [0.25, 0.3) is 0 Å². The third-order valence-electron chi connectivity index (χ3n) is 2.46. The molecule has 0 bridgehead atoms. The summed E-state index contributed by atoms with van der Waals surface area (Å²) in [6.45, 7) is 1.68. The van der Waals surface area contributed by atoms with Gasteiger partial charge < -0.3 is 14.5 Å². The number of hydrogen-bond donors (Lipinski definition) is 2. The first kappa shape index (κ1) is 14.9. The lowest BCUT2D eigenvalue weighted by molar-refractivity contribution is -0.141. The summed E-state index contributed by atoms with van der Waals surface area (Å²) >= 11 is 0. The molecule has 0 spiro atoms. The monoisotopic (exact) mass is 272 g/mol. The first-order chi connectivity index (χ1) is 8.44. The van der Waals surface area contributed by atoms with E-state index in [1.165, 1.54) is 0 Å². The van der Waals surface area contributed by atoms with Gasteiger partial charge in [-0.3, -0.25) is 9.36 Å². The highest BCUT2D eigenvalue weighted by atomic mass is 31.2. The predicted octanol–water partition coefficient (Wildman–Crippen LogP) is 2.15. The van der Waals surface area contributed by atoms with E-state index >= 15 is 0 Å². The van der Waals surface area contributed by atoms with E-state index in [2.05, 4.69) is 0 Å². The lowest BCUT2D eigenvalue weighted by Crippen LogP contribution is -2.21. The van der Waals surface area contributed by atoms with E-state index in [0.717, 1.165) is 5.56 Å². The van der Waals surface area contributed by atoms with E-state index in [0.29, 0.717) is 0 Å². The standard InChI is InChI=1S/C12H17O5P/c1-2-17-18(15,16)9-11(12(13)14)8-10-6-4-3-5-7-10/h3-7,11H,2,8-9H2,1H3,(H,13,14)(H,15,16). The van der Waals surface area contributed by atoms with Crippen LogP contribution < -0.4 is 0 Å². The molecule has 0 heterocycles. The Bertz CT molecular complexity index is 431. The topological polar surface area (TPSA) is 83.8 Å². The van der Waals surface area contributed by atoms with Gasteiger partial charge in [0.1, 0.15) is 0 Å². The van der Waals surface area contributed by atoms with Crippen molar-refractivity contribution in [1.82, 2.24) is 0 Å². The summed E-state index contributed by atoms with van der Waals surface area (Å²) in [6, 6.07) is 9.01. The van der Waals surface area contributed by atoms with Crippen LogP contribution in [0.1, 0.15) is 12.5 Å². The second-order valence-electron chi connectivity index (χ2n) is 3.96. The first-order valence-corrected chi connectivity index (χ1v) is 7.44. The number of benzene rings is 1. The molecule has 5 nitrogen and oxygen atoms in total. The molecule has 2 atom stereocenters. The number of rotatable bonds is 7. The van der Waals surface area contributed by atoms with Crippen molar-refractivity contribution in [3.8, 4) is 0 Å². The molecule has 0 aliphatic rings. The van der Waals surface area contributed by atoms with Crippen LogP contribution in [0.5, 0.6) is 0 Å². The van der Waals surface area contributed by atoms with Crippen LogP contribution in [-0.4, -0.2) is 28.7 Å². The SMILES string of the molecule is CCOP(=O)(O)CC(Cc1ccccc1)C(=O)O. The van der Waals surface area contributed by atoms with Crippen molar-refractivity contribution in [3.63, 3.8) is 0 Å². The Kier molecular flexibility index (Phi) is 5.54. The molecule has 1 aromatic rings. The van der Waals surface area contributed by atoms with Gasteiger partial charge in [0.25, 0.3) is 0 Å². The molecular weight excluding hydrogens is 255 g/mol. The quantitative estimate of drug-likeness (QED) is 0.743. The van der Waals surface area contributed by atoms with Crippen LogP contribution >= 0.6 is 7.60 Å². The van der Waals surface area contributed by atoms with Gasteiger partial charge in [0.15, 0.2) is 0 Å². The molecule has 0 saturated carbocycles. The average molecular weight is 272 g/mol. The lowest BCUT2D eigenvalue weighted by Gasteiger charge is -2.16. The molecule has 100 valence electrons. The highest BCUT2D eigenvalue weighted by molar-refractivity contribution is 7.52. The van der Waals surface area contributed by atoms with E-state index < -0.39 is 19.5 Å². The molecule has 6 heteroatoms. The summed E-state index contributed by atoms with van der Waals surface area (Å²) in [4.78, 5) is 20.6. The molecule has 0 aliphatic heterocycles. The molecule has 0 saturated heterocycles. The summed E-state index contributed by atoms with van der Waals surface area (Å²) in [6.07, 6.45) is -0.154. The number of aliphatic carboxylic acids is 1. The summed E-state index contributed by atoms with van der Waals surface area (Å²) in [7, 11) is -3.82. The average Bonchev–Trinajstić information content (AvgIpc) is 2.29. The zero-order valence-electron chi connectivity index (χ0n) is 10.2.